The summed E-state index contributed by atoms with van der Waals surface area (Å²) < 4.78 is 16.6. The lowest BCUT2D eigenvalue weighted by atomic mass is 9.99. The van der Waals surface area contributed by atoms with E-state index in [1.165, 1.54) is 0 Å². The number of piperidine rings is 1. The number of benzene rings is 1. The number of fused-ring (bicyclic) bond motifs is 2. The fraction of sp³-hybridized carbons (Fsp3) is 0.545. The molecule has 1 aromatic heterocycles. The highest BCUT2D eigenvalue weighted by atomic mass is 16.7. The largest absolute Gasteiger partial charge is 0.496 e. The Bertz CT molecular complexity index is 997. The SMILES string of the molecule is COc1cc2c(cc1CN1CCc3c(nc(N4CCC(C)CC4)[nH]c3=O)C1)OCO2. The van der Waals surface area contributed by atoms with Gasteiger partial charge in [0.2, 0.25) is 12.7 Å². The van der Waals surface area contributed by atoms with Crippen LogP contribution < -0.4 is 24.7 Å². The summed E-state index contributed by atoms with van der Waals surface area (Å²) in [5, 5.41) is 0. The van der Waals surface area contributed by atoms with Crippen LogP contribution in [-0.4, -0.2) is 48.4 Å². The van der Waals surface area contributed by atoms with E-state index in [2.05, 4.69) is 21.7 Å². The number of aromatic nitrogens is 2. The Morgan fingerprint density at radius 3 is 2.73 bits per heavy atom. The predicted molar refractivity (Wildman–Crippen MR) is 112 cm³/mol. The van der Waals surface area contributed by atoms with Gasteiger partial charge in [-0.3, -0.25) is 14.7 Å². The van der Waals surface area contributed by atoms with Crippen LogP contribution in [0.25, 0.3) is 0 Å². The van der Waals surface area contributed by atoms with E-state index in [0.717, 1.165) is 66.7 Å². The summed E-state index contributed by atoms with van der Waals surface area (Å²) in [5.74, 6) is 3.70. The highest BCUT2D eigenvalue weighted by Crippen LogP contribution is 2.38. The van der Waals surface area contributed by atoms with Crippen molar-refractivity contribution in [1.82, 2.24) is 14.9 Å². The van der Waals surface area contributed by atoms with E-state index in [4.69, 9.17) is 19.2 Å². The van der Waals surface area contributed by atoms with E-state index in [0.29, 0.717) is 31.2 Å². The monoisotopic (exact) mass is 412 g/mol. The molecule has 8 nitrogen and oxygen atoms in total. The Labute approximate surface area is 175 Å². The summed E-state index contributed by atoms with van der Waals surface area (Å²) in [4.78, 5) is 25.1. The molecule has 0 spiro atoms. The van der Waals surface area contributed by atoms with Crippen LogP contribution in [0.4, 0.5) is 5.95 Å². The lowest BCUT2D eigenvalue weighted by Gasteiger charge is -2.32. The first-order valence-corrected chi connectivity index (χ1v) is 10.7. The molecule has 0 atom stereocenters. The van der Waals surface area contributed by atoms with Crippen molar-refractivity contribution < 1.29 is 14.2 Å². The van der Waals surface area contributed by atoms with Crippen LogP contribution in [0.15, 0.2) is 16.9 Å². The third-order valence-corrected chi connectivity index (χ3v) is 6.39. The van der Waals surface area contributed by atoms with Crippen molar-refractivity contribution in [3.8, 4) is 17.2 Å². The highest BCUT2D eigenvalue weighted by Gasteiger charge is 2.26. The number of rotatable bonds is 4. The van der Waals surface area contributed by atoms with Gasteiger partial charge >= 0.3 is 0 Å². The molecule has 1 fully saturated rings. The molecule has 1 aromatic carbocycles. The lowest BCUT2D eigenvalue weighted by molar-refractivity contribution is 0.173. The van der Waals surface area contributed by atoms with E-state index in [9.17, 15) is 4.79 Å². The van der Waals surface area contributed by atoms with E-state index >= 15 is 0 Å². The van der Waals surface area contributed by atoms with E-state index < -0.39 is 0 Å². The van der Waals surface area contributed by atoms with Gasteiger partial charge in [-0.2, -0.15) is 0 Å². The molecule has 1 N–H and O–H groups in total. The zero-order valence-corrected chi connectivity index (χ0v) is 17.6. The van der Waals surface area contributed by atoms with Gasteiger partial charge in [0.25, 0.3) is 5.56 Å². The standard InChI is InChI=1S/C22H28N4O4/c1-14-3-7-26(8-4-14)22-23-17-12-25(6-5-16(17)21(27)24-22)11-15-9-19-20(30-13-29-19)10-18(15)28-2/h9-10,14H,3-8,11-13H2,1-2H3,(H,23,24,27). The van der Waals surface area contributed by atoms with Crippen molar-refractivity contribution in [2.24, 2.45) is 5.92 Å². The molecule has 0 radical (unpaired) electrons. The maximum Gasteiger partial charge on any atom is 0.255 e. The first-order chi connectivity index (χ1) is 14.6. The highest BCUT2D eigenvalue weighted by molar-refractivity contribution is 5.52. The van der Waals surface area contributed by atoms with Gasteiger partial charge in [0.05, 0.1) is 12.8 Å². The third-order valence-electron chi connectivity index (χ3n) is 6.39. The number of hydrogen-bond acceptors (Lipinski definition) is 7. The molecular weight excluding hydrogens is 384 g/mol. The first kappa shape index (κ1) is 19.2. The normalized spacial score (nSPS) is 19.1. The Hall–Kier alpha value is -2.74. The summed E-state index contributed by atoms with van der Waals surface area (Å²) in [7, 11) is 1.67. The maximum absolute atomic E-state index is 12.7. The van der Waals surface area contributed by atoms with Crippen LogP contribution in [0.5, 0.6) is 17.2 Å². The lowest BCUT2D eigenvalue weighted by Crippen LogP contribution is -2.39. The minimum absolute atomic E-state index is 0.00827. The second kappa shape index (κ2) is 7.83. The number of H-pyrrole nitrogens is 1. The zero-order chi connectivity index (χ0) is 20.7. The minimum atomic E-state index is 0.00827. The summed E-state index contributed by atoms with van der Waals surface area (Å²) in [6.07, 6.45) is 2.97. The number of methoxy groups -OCH3 is 1. The maximum atomic E-state index is 12.7. The molecule has 0 amide bonds. The number of nitrogens with zero attached hydrogens (tertiary/aromatic N) is 3. The zero-order valence-electron chi connectivity index (χ0n) is 17.6. The van der Waals surface area contributed by atoms with Crippen molar-refractivity contribution in [3.63, 3.8) is 0 Å². The number of ether oxygens (including phenoxy) is 3. The van der Waals surface area contributed by atoms with Gasteiger partial charge in [0.15, 0.2) is 11.5 Å². The molecular formula is C22H28N4O4. The van der Waals surface area contributed by atoms with Crippen LogP contribution in [0.1, 0.15) is 36.6 Å². The Balaban J connectivity index is 1.37. The topological polar surface area (TPSA) is 79.9 Å². The summed E-state index contributed by atoms with van der Waals surface area (Å²) >= 11 is 0. The number of hydrogen-bond donors (Lipinski definition) is 1. The van der Waals surface area contributed by atoms with E-state index in [1.807, 2.05) is 12.1 Å². The Morgan fingerprint density at radius 1 is 1.20 bits per heavy atom. The fourth-order valence-electron chi connectivity index (χ4n) is 4.51. The third kappa shape index (κ3) is 3.60. The summed E-state index contributed by atoms with van der Waals surface area (Å²) in [6, 6.07) is 3.87. The van der Waals surface area contributed by atoms with Crippen molar-refractivity contribution >= 4 is 5.95 Å². The van der Waals surface area contributed by atoms with Crippen LogP contribution in [0.3, 0.4) is 0 Å². The first-order valence-electron chi connectivity index (χ1n) is 10.7. The summed E-state index contributed by atoms with van der Waals surface area (Å²) in [5.41, 5.74) is 2.76. The van der Waals surface area contributed by atoms with Gasteiger partial charge in [-0.05, 0) is 31.2 Å². The van der Waals surface area contributed by atoms with E-state index in [-0.39, 0.29) is 12.4 Å². The molecule has 1 saturated heterocycles. The molecule has 0 unspecified atom stereocenters. The minimum Gasteiger partial charge on any atom is -0.496 e. The van der Waals surface area contributed by atoms with Crippen LogP contribution >= 0.6 is 0 Å². The van der Waals surface area contributed by atoms with Gasteiger partial charge in [0.1, 0.15) is 5.75 Å². The molecule has 0 saturated carbocycles. The average molecular weight is 412 g/mol. The smallest absolute Gasteiger partial charge is 0.255 e. The van der Waals surface area contributed by atoms with Crippen molar-refractivity contribution in [2.45, 2.75) is 39.3 Å². The Kier molecular flexibility index (Phi) is 5.02. The predicted octanol–water partition coefficient (Wildman–Crippen LogP) is 2.30. The molecule has 30 heavy (non-hydrogen) atoms. The van der Waals surface area contributed by atoms with Crippen LogP contribution in [-0.2, 0) is 19.5 Å². The molecule has 3 aliphatic heterocycles. The van der Waals surface area contributed by atoms with Gasteiger partial charge < -0.3 is 19.1 Å². The molecule has 0 aliphatic carbocycles. The van der Waals surface area contributed by atoms with Gasteiger partial charge in [-0.15, -0.1) is 0 Å². The second-order valence-electron chi connectivity index (χ2n) is 8.46. The van der Waals surface area contributed by atoms with Crippen molar-refractivity contribution in [2.75, 3.05) is 38.4 Å². The van der Waals surface area contributed by atoms with Crippen LogP contribution in [0, 0.1) is 5.92 Å². The fourth-order valence-corrected chi connectivity index (χ4v) is 4.51. The number of anilines is 1. The second-order valence-corrected chi connectivity index (χ2v) is 8.46. The number of nitrogens with one attached hydrogen (secondary N) is 1. The van der Waals surface area contributed by atoms with Gasteiger partial charge in [-0.25, -0.2) is 4.98 Å². The summed E-state index contributed by atoms with van der Waals surface area (Å²) in [6.45, 7) is 6.56. The Morgan fingerprint density at radius 2 is 1.97 bits per heavy atom. The van der Waals surface area contributed by atoms with Crippen LogP contribution in [0.2, 0.25) is 0 Å². The molecule has 160 valence electrons. The molecule has 2 aromatic rings. The quantitative estimate of drug-likeness (QED) is 0.825. The van der Waals surface area contributed by atoms with E-state index in [1.54, 1.807) is 7.11 Å². The average Bonchev–Trinajstić information content (AvgIpc) is 3.20. The molecule has 4 heterocycles. The molecule has 0 bridgehead atoms. The molecule has 5 rings (SSSR count). The van der Waals surface area contributed by atoms with Gasteiger partial charge in [0, 0.05) is 49.9 Å². The van der Waals surface area contributed by atoms with Crippen molar-refractivity contribution in [3.05, 3.63) is 39.3 Å². The molecule has 8 heteroatoms. The number of aromatic amines is 1. The van der Waals surface area contributed by atoms with Gasteiger partial charge in [-0.1, -0.05) is 6.92 Å². The van der Waals surface area contributed by atoms with Crippen molar-refractivity contribution in [1.29, 1.82) is 0 Å². The molecule has 3 aliphatic rings.